The highest BCUT2D eigenvalue weighted by molar-refractivity contribution is 5.94. The van der Waals surface area contributed by atoms with Crippen molar-refractivity contribution >= 4 is 11.9 Å². The standard InChI is InChI=1S/C20H23NO5/c1-25-13-14-6-5-8-16(10-14)19(22)21-12-17(20(23)24)11-15-7-3-4-9-18(15)26-2/h3-10,17H,11-13H2,1-2H3,(H,21,22)(H,23,24). The van der Waals surface area contributed by atoms with E-state index < -0.39 is 11.9 Å². The van der Waals surface area contributed by atoms with Gasteiger partial charge in [-0.1, -0.05) is 30.3 Å². The summed E-state index contributed by atoms with van der Waals surface area (Å²) in [7, 11) is 3.13. The maximum Gasteiger partial charge on any atom is 0.308 e. The van der Waals surface area contributed by atoms with E-state index >= 15 is 0 Å². The lowest BCUT2D eigenvalue weighted by Crippen LogP contribution is -2.34. The number of para-hydroxylation sites is 1. The molecule has 6 nitrogen and oxygen atoms in total. The highest BCUT2D eigenvalue weighted by Gasteiger charge is 2.21. The Labute approximate surface area is 152 Å². The molecule has 6 heteroatoms. The SMILES string of the molecule is COCc1cccc(C(=O)NCC(Cc2ccccc2OC)C(=O)O)c1. The van der Waals surface area contributed by atoms with Gasteiger partial charge in [-0.2, -0.15) is 0 Å². The second kappa shape index (κ2) is 9.58. The fourth-order valence-corrected chi connectivity index (χ4v) is 2.67. The van der Waals surface area contributed by atoms with Crippen molar-refractivity contribution in [2.45, 2.75) is 13.0 Å². The Morgan fingerprint density at radius 1 is 1.12 bits per heavy atom. The van der Waals surface area contributed by atoms with Gasteiger partial charge in [-0.05, 0) is 35.7 Å². The highest BCUT2D eigenvalue weighted by Crippen LogP contribution is 2.21. The molecule has 0 bridgehead atoms. The average Bonchev–Trinajstić information content (AvgIpc) is 2.65. The molecular weight excluding hydrogens is 334 g/mol. The summed E-state index contributed by atoms with van der Waals surface area (Å²) in [6.07, 6.45) is 0.267. The molecule has 0 spiro atoms. The molecule has 26 heavy (non-hydrogen) atoms. The van der Waals surface area contributed by atoms with Crippen molar-refractivity contribution in [2.75, 3.05) is 20.8 Å². The number of carbonyl (C=O) groups is 2. The monoisotopic (exact) mass is 357 g/mol. The largest absolute Gasteiger partial charge is 0.496 e. The van der Waals surface area contributed by atoms with Crippen LogP contribution in [0.15, 0.2) is 48.5 Å². The van der Waals surface area contributed by atoms with Crippen LogP contribution >= 0.6 is 0 Å². The number of aliphatic carboxylic acids is 1. The quantitative estimate of drug-likeness (QED) is 0.720. The maximum absolute atomic E-state index is 12.3. The van der Waals surface area contributed by atoms with E-state index in [-0.39, 0.29) is 18.9 Å². The van der Waals surface area contributed by atoms with Crippen molar-refractivity contribution in [1.29, 1.82) is 0 Å². The zero-order valence-corrected chi connectivity index (χ0v) is 14.9. The number of hydrogen-bond acceptors (Lipinski definition) is 4. The van der Waals surface area contributed by atoms with Gasteiger partial charge < -0.3 is 19.9 Å². The van der Waals surface area contributed by atoms with Gasteiger partial charge in [-0.15, -0.1) is 0 Å². The summed E-state index contributed by atoms with van der Waals surface area (Å²) < 4.78 is 10.3. The lowest BCUT2D eigenvalue weighted by atomic mass is 9.98. The van der Waals surface area contributed by atoms with Crippen LogP contribution in [0.2, 0.25) is 0 Å². The Morgan fingerprint density at radius 3 is 2.58 bits per heavy atom. The van der Waals surface area contributed by atoms with Gasteiger partial charge in [0.1, 0.15) is 5.75 Å². The number of hydrogen-bond donors (Lipinski definition) is 2. The molecule has 2 aromatic rings. The van der Waals surface area contributed by atoms with Crippen LogP contribution in [0.4, 0.5) is 0 Å². The van der Waals surface area contributed by atoms with E-state index in [2.05, 4.69) is 5.32 Å². The molecule has 138 valence electrons. The van der Waals surface area contributed by atoms with Crippen molar-refractivity contribution in [3.05, 3.63) is 65.2 Å². The molecule has 0 saturated heterocycles. The first-order chi connectivity index (χ1) is 12.5. The predicted molar refractivity (Wildman–Crippen MR) is 97.3 cm³/mol. The van der Waals surface area contributed by atoms with Gasteiger partial charge in [0.25, 0.3) is 5.91 Å². The van der Waals surface area contributed by atoms with E-state index in [1.165, 1.54) is 0 Å². The molecule has 0 aliphatic rings. The number of rotatable bonds is 9. The van der Waals surface area contributed by atoms with Crippen molar-refractivity contribution in [2.24, 2.45) is 5.92 Å². The van der Waals surface area contributed by atoms with Gasteiger partial charge in [0.2, 0.25) is 0 Å². The molecule has 1 amide bonds. The van der Waals surface area contributed by atoms with Crippen LogP contribution in [0.1, 0.15) is 21.5 Å². The summed E-state index contributed by atoms with van der Waals surface area (Å²) in [5.41, 5.74) is 2.14. The number of methoxy groups -OCH3 is 2. The van der Waals surface area contributed by atoms with E-state index in [1.54, 1.807) is 38.5 Å². The number of benzene rings is 2. The molecule has 0 aliphatic heterocycles. The third kappa shape index (κ3) is 5.32. The van der Waals surface area contributed by atoms with E-state index in [0.717, 1.165) is 11.1 Å². The van der Waals surface area contributed by atoms with E-state index in [4.69, 9.17) is 9.47 Å². The van der Waals surface area contributed by atoms with Crippen LogP contribution in [0, 0.1) is 5.92 Å². The van der Waals surface area contributed by atoms with Crippen LogP contribution < -0.4 is 10.1 Å². The average molecular weight is 357 g/mol. The topological polar surface area (TPSA) is 84.9 Å². The minimum Gasteiger partial charge on any atom is -0.496 e. The van der Waals surface area contributed by atoms with Gasteiger partial charge in [-0.25, -0.2) is 0 Å². The lowest BCUT2D eigenvalue weighted by molar-refractivity contribution is -0.141. The van der Waals surface area contributed by atoms with Crippen molar-refractivity contribution in [3.8, 4) is 5.75 Å². The lowest BCUT2D eigenvalue weighted by Gasteiger charge is -2.15. The normalized spacial score (nSPS) is 11.6. The minimum absolute atomic E-state index is 0.0285. The van der Waals surface area contributed by atoms with Gasteiger partial charge >= 0.3 is 5.97 Å². The molecule has 0 fully saturated rings. The third-order valence-corrected chi connectivity index (χ3v) is 4.02. The van der Waals surface area contributed by atoms with E-state index in [0.29, 0.717) is 17.9 Å². The van der Waals surface area contributed by atoms with Gasteiger partial charge in [0, 0.05) is 19.2 Å². The Morgan fingerprint density at radius 2 is 1.88 bits per heavy atom. The number of carbonyl (C=O) groups excluding carboxylic acids is 1. The predicted octanol–water partition coefficient (Wildman–Crippen LogP) is 2.51. The molecule has 0 radical (unpaired) electrons. The zero-order valence-electron chi connectivity index (χ0n) is 14.9. The summed E-state index contributed by atoms with van der Waals surface area (Å²) in [6.45, 7) is 0.438. The van der Waals surface area contributed by atoms with Crippen molar-refractivity contribution < 1.29 is 24.2 Å². The zero-order chi connectivity index (χ0) is 18.9. The summed E-state index contributed by atoms with van der Waals surface area (Å²) in [6, 6.07) is 14.3. The molecule has 1 atom stereocenters. The van der Waals surface area contributed by atoms with Gasteiger partial charge in [0.15, 0.2) is 0 Å². The molecule has 0 saturated carbocycles. The summed E-state index contributed by atoms with van der Waals surface area (Å²) in [5, 5.41) is 12.2. The Hall–Kier alpha value is -2.86. The summed E-state index contributed by atoms with van der Waals surface area (Å²) >= 11 is 0. The first-order valence-corrected chi connectivity index (χ1v) is 8.26. The third-order valence-electron chi connectivity index (χ3n) is 4.02. The number of carboxylic acids is 1. The molecule has 2 rings (SSSR count). The van der Waals surface area contributed by atoms with Gasteiger partial charge in [-0.3, -0.25) is 9.59 Å². The van der Waals surface area contributed by atoms with Crippen LogP contribution in [-0.4, -0.2) is 37.7 Å². The fourth-order valence-electron chi connectivity index (χ4n) is 2.67. The van der Waals surface area contributed by atoms with Crippen molar-refractivity contribution in [3.63, 3.8) is 0 Å². The molecule has 0 heterocycles. The first-order valence-electron chi connectivity index (χ1n) is 8.26. The second-order valence-electron chi connectivity index (χ2n) is 5.89. The molecule has 2 N–H and O–H groups in total. The Bertz CT molecular complexity index is 759. The van der Waals surface area contributed by atoms with Gasteiger partial charge in [0.05, 0.1) is 19.6 Å². The van der Waals surface area contributed by atoms with E-state index in [9.17, 15) is 14.7 Å². The smallest absolute Gasteiger partial charge is 0.308 e. The maximum atomic E-state index is 12.3. The highest BCUT2D eigenvalue weighted by atomic mass is 16.5. The van der Waals surface area contributed by atoms with E-state index in [1.807, 2.05) is 24.3 Å². The summed E-state index contributed by atoms with van der Waals surface area (Å²) in [4.78, 5) is 23.9. The minimum atomic E-state index is -0.968. The Balaban J connectivity index is 2.03. The number of amides is 1. The second-order valence-corrected chi connectivity index (χ2v) is 5.89. The number of carboxylic acid groups (broad SMARTS) is 1. The summed E-state index contributed by atoms with van der Waals surface area (Å²) in [5.74, 6) is -1.40. The van der Waals surface area contributed by atoms with Crippen molar-refractivity contribution in [1.82, 2.24) is 5.32 Å². The first kappa shape index (κ1) is 19.5. The molecule has 1 unspecified atom stereocenters. The van der Waals surface area contributed by atoms with Crippen LogP contribution in [0.25, 0.3) is 0 Å². The Kier molecular flexibility index (Phi) is 7.17. The number of ether oxygens (including phenoxy) is 2. The van der Waals surface area contributed by atoms with Crippen LogP contribution in [0.5, 0.6) is 5.75 Å². The molecule has 2 aromatic carbocycles. The van der Waals surface area contributed by atoms with Crippen LogP contribution in [-0.2, 0) is 22.6 Å². The fraction of sp³-hybridized carbons (Fsp3) is 0.300. The molecule has 0 aliphatic carbocycles. The number of nitrogens with one attached hydrogen (secondary N) is 1. The molecular formula is C20H23NO5. The van der Waals surface area contributed by atoms with Crippen LogP contribution in [0.3, 0.4) is 0 Å². The molecule has 0 aromatic heterocycles.